The van der Waals surface area contributed by atoms with Crippen molar-refractivity contribution in [1.29, 1.82) is 0 Å². The molecule has 0 aromatic rings. The summed E-state index contributed by atoms with van der Waals surface area (Å²) in [5.41, 5.74) is 0. The third kappa shape index (κ3) is 0.222. The average molecular weight is 54.1 g/mol. The molecular formula is C4H6. The second-order valence-electron chi connectivity index (χ2n) is 1.31. The van der Waals surface area contributed by atoms with Crippen LogP contribution in [0.15, 0.2) is 0 Å². The van der Waals surface area contributed by atoms with Gasteiger partial charge in [-0.1, -0.05) is 6.92 Å². The largest absolute Gasteiger partial charge is 0.0619 e. The molecule has 0 bridgehead atoms. The highest BCUT2D eigenvalue weighted by Crippen LogP contribution is 2.24. The first-order valence-electron chi connectivity index (χ1n) is 1.63. The minimum absolute atomic E-state index is 0.833. The molecule has 2 radical (unpaired) electrons. The Labute approximate surface area is 26.8 Å². The third-order valence-corrected chi connectivity index (χ3v) is 0.612. The Morgan fingerprint density at radius 2 is 2.25 bits per heavy atom. The van der Waals surface area contributed by atoms with Crippen molar-refractivity contribution in [3.8, 4) is 0 Å². The molecule has 0 aliphatic heterocycles. The Morgan fingerprint density at radius 1 is 2.00 bits per heavy atom. The zero-order valence-electron chi connectivity index (χ0n) is 2.78. The zero-order chi connectivity index (χ0) is 2.99. The fourth-order valence-corrected chi connectivity index (χ4v) is 0.118. The topological polar surface area (TPSA) is 0 Å². The Hall–Kier alpha value is 0. The van der Waals surface area contributed by atoms with Crippen LogP contribution in [0.4, 0.5) is 0 Å². The maximum Gasteiger partial charge on any atom is -0.0139 e. The lowest BCUT2D eigenvalue weighted by Gasteiger charge is -1.52. The van der Waals surface area contributed by atoms with Crippen LogP contribution in [0.2, 0.25) is 0 Å². The fraction of sp³-hybridized carbons (Fsp3) is 0.750. The molecule has 1 atom stereocenters. The summed E-state index contributed by atoms with van der Waals surface area (Å²) < 4.78 is 0. The van der Waals surface area contributed by atoms with E-state index in [0.717, 1.165) is 5.92 Å². The van der Waals surface area contributed by atoms with Crippen molar-refractivity contribution >= 4 is 0 Å². The molecule has 0 saturated heterocycles. The quantitative estimate of drug-likeness (QED) is 0.388. The first-order chi connectivity index (χ1) is 1.89. The van der Waals surface area contributed by atoms with Gasteiger partial charge in [-0.25, -0.2) is 0 Å². The van der Waals surface area contributed by atoms with Crippen LogP contribution in [0.3, 0.4) is 0 Å². The van der Waals surface area contributed by atoms with E-state index in [1.54, 1.807) is 0 Å². The van der Waals surface area contributed by atoms with E-state index in [1.165, 1.54) is 6.42 Å². The van der Waals surface area contributed by atoms with E-state index in [9.17, 15) is 0 Å². The molecule has 1 saturated carbocycles. The van der Waals surface area contributed by atoms with E-state index in [4.69, 9.17) is 0 Å². The SMILES string of the molecule is CC1[C]C1. The van der Waals surface area contributed by atoms with Crippen molar-refractivity contribution in [3.05, 3.63) is 6.42 Å². The molecule has 0 heteroatoms. The van der Waals surface area contributed by atoms with Crippen LogP contribution >= 0.6 is 0 Å². The first kappa shape index (κ1) is 2.25. The highest BCUT2D eigenvalue weighted by atomic mass is 14.2. The van der Waals surface area contributed by atoms with Gasteiger partial charge >= 0.3 is 0 Å². The standard InChI is InChI=1S/C4H6/c1-4-2-3-4/h4H,2H2,1H3. The molecule has 1 unspecified atom stereocenters. The van der Waals surface area contributed by atoms with Gasteiger partial charge in [-0.3, -0.25) is 0 Å². The van der Waals surface area contributed by atoms with Gasteiger partial charge in [0.05, 0.1) is 0 Å². The van der Waals surface area contributed by atoms with Crippen molar-refractivity contribution in [2.24, 2.45) is 5.92 Å². The van der Waals surface area contributed by atoms with Crippen LogP contribution in [0, 0.1) is 12.3 Å². The summed E-state index contributed by atoms with van der Waals surface area (Å²) in [4.78, 5) is 0. The number of hydrogen-bond acceptors (Lipinski definition) is 0. The van der Waals surface area contributed by atoms with Crippen LogP contribution in [-0.4, -0.2) is 0 Å². The van der Waals surface area contributed by atoms with Crippen molar-refractivity contribution in [1.82, 2.24) is 0 Å². The van der Waals surface area contributed by atoms with Gasteiger partial charge in [0, 0.05) is 0 Å². The molecule has 1 aliphatic rings. The van der Waals surface area contributed by atoms with E-state index < -0.39 is 0 Å². The van der Waals surface area contributed by atoms with Gasteiger partial charge in [-0.05, 0) is 18.8 Å². The summed E-state index contributed by atoms with van der Waals surface area (Å²) in [5.74, 6) is 0.833. The van der Waals surface area contributed by atoms with Gasteiger partial charge in [-0.15, -0.1) is 0 Å². The van der Waals surface area contributed by atoms with E-state index in [1.807, 2.05) is 0 Å². The molecule has 0 N–H and O–H groups in total. The van der Waals surface area contributed by atoms with Crippen molar-refractivity contribution in [3.63, 3.8) is 0 Å². The molecule has 1 rings (SSSR count). The molecule has 0 aromatic carbocycles. The lowest BCUT2D eigenvalue weighted by atomic mass is 10.5. The smallest absolute Gasteiger partial charge is 0.0139 e. The third-order valence-electron chi connectivity index (χ3n) is 0.612. The van der Waals surface area contributed by atoms with Crippen LogP contribution in [0.1, 0.15) is 13.3 Å². The predicted octanol–water partition coefficient (Wildman–Crippen LogP) is 1.11. The van der Waals surface area contributed by atoms with Crippen LogP contribution < -0.4 is 0 Å². The molecular weight excluding hydrogens is 48.0 g/mol. The molecule has 4 heavy (non-hydrogen) atoms. The molecule has 22 valence electrons. The molecule has 1 aliphatic carbocycles. The summed E-state index contributed by atoms with van der Waals surface area (Å²) in [7, 11) is 0. The Balaban J connectivity index is 2.17. The minimum Gasteiger partial charge on any atom is -0.0619 e. The molecule has 0 aromatic heterocycles. The van der Waals surface area contributed by atoms with E-state index >= 15 is 0 Å². The van der Waals surface area contributed by atoms with Gasteiger partial charge in [-0.2, -0.15) is 0 Å². The molecule has 0 nitrogen and oxygen atoms in total. The fourth-order valence-electron chi connectivity index (χ4n) is 0.118. The second kappa shape index (κ2) is 0.480. The molecule has 0 amide bonds. The van der Waals surface area contributed by atoms with Gasteiger partial charge in [0.2, 0.25) is 0 Å². The highest BCUT2D eigenvalue weighted by molar-refractivity contribution is 4.90. The summed E-state index contributed by atoms with van der Waals surface area (Å²) in [6.45, 7) is 2.17. The molecule has 0 heterocycles. The lowest BCUT2D eigenvalue weighted by molar-refractivity contribution is 1.02. The number of hydrogen-bond donors (Lipinski definition) is 0. The van der Waals surface area contributed by atoms with Crippen molar-refractivity contribution in [2.45, 2.75) is 13.3 Å². The van der Waals surface area contributed by atoms with Crippen LogP contribution in [0.25, 0.3) is 0 Å². The maximum absolute atomic E-state index is 3.10. The second-order valence-corrected chi connectivity index (χ2v) is 1.31. The van der Waals surface area contributed by atoms with Crippen LogP contribution in [-0.2, 0) is 0 Å². The van der Waals surface area contributed by atoms with E-state index in [-0.39, 0.29) is 0 Å². The van der Waals surface area contributed by atoms with Crippen LogP contribution in [0.5, 0.6) is 0 Å². The van der Waals surface area contributed by atoms with E-state index in [2.05, 4.69) is 13.3 Å². The summed E-state index contributed by atoms with van der Waals surface area (Å²) in [6, 6.07) is 0. The van der Waals surface area contributed by atoms with Gasteiger partial charge in [0.15, 0.2) is 0 Å². The zero-order valence-corrected chi connectivity index (χ0v) is 2.78. The van der Waals surface area contributed by atoms with Gasteiger partial charge in [0.1, 0.15) is 0 Å². The Kier molecular flexibility index (Phi) is 0.270. The highest BCUT2D eigenvalue weighted by Gasteiger charge is 2.14. The minimum atomic E-state index is 0.833. The molecule has 0 spiro atoms. The Bertz CT molecular complexity index is 19.2. The lowest BCUT2D eigenvalue weighted by Crippen LogP contribution is -1.42. The average Bonchev–Trinajstić information content (AvgIpc) is 1.75. The first-order valence-corrected chi connectivity index (χ1v) is 1.63. The van der Waals surface area contributed by atoms with Crippen molar-refractivity contribution < 1.29 is 0 Å². The van der Waals surface area contributed by atoms with Crippen molar-refractivity contribution in [2.75, 3.05) is 0 Å². The summed E-state index contributed by atoms with van der Waals surface area (Å²) in [6.07, 6.45) is 4.33. The Morgan fingerprint density at radius 3 is 2.25 bits per heavy atom. The number of rotatable bonds is 0. The normalized spacial score (nSPS) is 26.2. The maximum atomic E-state index is 3.10. The van der Waals surface area contributed by atoms with Gasteiger partial charge in [0.25, 0.3) is 0 Å². The summed E-state index contributed by atoms with van der Waals surface area (Å²) in [5, 5.41) is 0. The summed E-state index contributed by atoms with van der Waals surface area (Å²) >= 11 is 0. The molecule has 1 fully saturated rings. The van der Waals surface area contributed by atoms with Gasteiger partial charge < -0.3 is 0 Å². The predicted molar refractivity (Wildman–Crippen MR) is 17.0 cm³/mol. The van der Waals surface area contributed by atoms with E-state index in [0.29, 0.717) is 0 Å². The monoisotopic (exact) mass is 54.0 g/mol.